The summed E-state index contributed by atoms with van der Waals surface area (Å²) < 4.78 is 16.2. The molecule has 0 fully saturated rings. The summed E-state index contributed by atoms with van der Waals surface area (Å²) >= 11 is 0. The van der Waals surface area contributed by atoms with Gasteiger partial charge in [0.15, 0.2) is 11.5 Å². The number of aryl methyl sites for hydroxylation is 1. The van der Waals surface area contributed by atoms with E-state index in [4.69, 9.17) is 13.9 Å². The van der Waals surface area contributed by atoms with E-state index in [1.165, 1.54) is 0 Å². The van der Waals surface area contributed by atoms with Crippen LogP contribution in [0.15, 0.2) is 34.7 Å². The fourth-order valence-corrected chi connectivity index (χ4v) is 2.48. The van der Waals surface area contributed by atoms with E-state index in [1.807, 2.05) is 38.1 Å². The molecule has 0 N–H and O–H groups in total. The minimum absolute atomic E-state index is 0.0724. The van der Waals surface area contributed by atoms with Crippen molar-refractivity contribution in [2.75, 3.05) is 41.4 Å². The van der Waals surface area contributed by atoms with Gasteiger partial charge >= 0.3 is 0 Å². The lowest BCUT2D eigenvalue weighted by molar-refractivity contribution is 0.0719. The van der Waals surface area contributed by atoms with Crippen LogP contribution in [0.2, 0.25) is 0 Å². The van der Waals surface area contributed by atoms with Crippen LogP contribution < -0.4 is 9.47 Å². The van der Waals surface area contributed by atoms with Crippen molar-refractivity contribution >= 4 is 5.91 Å². The van der Waals surface area contributed by atoms with Gasteiger partial charge in [-0.1, -0.05) is 0 Å². The number of benzene rings is 1. The van der Waals surface area contributed by atoms with Gasteiger partial charge in [0, 0.05) is 18.7 Å². The summed E-state index contributed by atoms with van der Waals surface area (Å²) in [5.41, 5.74) is 0.555. The molecule has 0 saturated heterocycles. The number of rotatable bonds is 8. The van der Waals surface area contributed by atoms with E-state index >= 15 is 0 Å². The molecule has 0 bridgehead atoms. The number of hydrogen-bond donors (Lipinski definition) is 0. The lowest BCUT2D eigenvalue weighted by atomic mass is 10.1. The van der Waals surface area contributed by atoms with Crippen LogP contribution in [0.1, 0.15) is 21.9 Å². The molecule has 25 heavy (non-hydrogen) atoms. The molecule has 2 aromatic rings. The summed E-state index contributed by atoms with van der Waals surface area (Å²) in [4.78, 5) is 16.8. The molecular weight excluding hydrogens is 320 g/mol. The Labute approximate surface area is 148 Å². The SMILES string of the molecule is COc1ccc(C(=O)N(CCN(C)C)Cc2ccc(C)o2)cc1OC. The number of ether oxygens (including phenoxy) is 2. The minimum Gasteiger partial charge on any atom is -0.493 e. The quantitative estimate of drug-likeness (QED) is 0.736. The molecule has 2 rings (SSSR count). The molecule has 6 nitrogen and oxygen atoms in total. The van der Waals surface area contributed by atoms with E-state index < -0.39 is 0 Å². The van der Waals surface area contributed by atoms with E-state index in [1.54, 1.807) is 37.3 Å². The van der Waals surface area contributed by atoms with Crippen LogP contribution in [0.25, 0.3) is 0 Å². The molecule has 1 aromatic heterocycles. The number of methoxy groups -OCH3 is 2. The summed E-state index contributed by atoms with van der Waals surface area (Å²) in [5.74, 6) is 2.67. The highest BCUT2D eigenvalue weighted by atomic mass is 16.5. The van der Waals surface area contributed by atoms with Gasteiger partial charge in [-0.2, -0.15) is 0 Å². The van der Waals surface area contributed by atoms with Crippen LogP contribution in [0, 0.1) is 6.92 Å². The summed E-state index contributed by atoms with van der Waals surface area (Å²) in [6, 6.07) is 9.00. The Hall–Kier alpha value is -2.47. The number of hydrogen-bond acceptors (Lipinski definition) is 5. The third-order valence-electron chi connectivity index (χ3n) is 3.88. The van der Waals surface area contributed by atoms with Crippen molar-refractivity contribution in [2.45, 2.75) is 13.5 Å². The molecule has 136 valence electrons. The number of likely N-dealkylation sites (N-methyl/N-ethyl adjacent to an activating group) is 1. The van der Waals surface area contributed by atoms with Gasteiger partial charge < -0.3 is 23.7 Å². The molecule has 0 aliphatic carbocycles. The molecule has 1 amide bonds. The van der Waals surface area contributed by atoms with Crippen molar-refractivity contribution in [2.24, 2.45) is 0 Å². The van der Waals surface area contributed by atoms with Gasteiger partial charge in [0.05, 0.1) is 20.8 Å². The zero-order valence-electron chi connectivity index (χ0n) is 15.5. The second kappa shape index (κ2) is 8.58. The number of carbonyl (C=O) groups is 1. The third kappa shape index (κ3) is 5.00. The monoisotopic (exact) mass is 346 g/mol. The largest absolute Gasteiger partial charge is 0.493 e. The van der Waals surface area contributed by atoms with Gasteiger partial charge in [0.1, 0.15) is 11.5 Å². The van der Waals surface area contributed by atoms with Crippen LogP contribution in [0.4, 0.5) is 0 Å². The van der Waals surface area contributed by atoms with Gasteiger partial charge in [-0.25, -0.2) is 0 Å². The Bertz CT molecular complexity index is 709. The third-order valence-corrected chi connectivity index (χ3v) is 3.88. The number of furan rings is 1. The van der Waals surface area contributed by atoms with E-state index in [9.17, 15) is 4.79 Å². The molecule has 0 saturated carbocycles. The molecule has 6 heteroatoms. The molecule has 0 aliphatic rings. The van der Waals surface area contributed by atoms with Gasteiger partial charge in [-0.05, 0) is 51.4 Å². The topological polar surface area (TPSA) is 55.2 Å². The zero-order valence-corrected chi connectivity index (χ0v) is 15.5. The normalized spacial score (nSPS) is 10.8. The molecule has 0 spiro atoms. The van der Waals surface area contributed by atoms with Crippen LogP contribution in [-0.2, 0) is 6.54 Å². The molecule has 1 heterocycles. The fourth-order valence-electron chi connectivity index (χ4n) is 2.48. The number of carbonyl (C=O) groups excluding carboxylic acids is 1. The Morgan fingerprint density at radius 2 is 1.76 bits per heavy atom. The average molecular weight is 346 g/mol. The maximum atomic E-state index is 13.0. The van der Waals surface area contributed by atoms with E-state index in [2.05, 4.69) is 0 Å². The molecule has 0 unspecified atom stereocenters. The molecular formula is C19H26N2O4. The van der Waals surface area contributed by atoms with Crippen LogP contribution >= 0.6 is 0 Å². The van der Waals surface area contributed by atoms with Crippen LogP contribution in [0.3, 0.4) is 0 Å². The predicted octanol–water partition coefficient (Wildman–Crippen LogP) is 2.81. The molecule has 0 atom stereocenters. The van der Waals surface area contributed by atoms with Gasteiger partial charge in [0.25, 0.3) is 5.91 Å². The lowest BCUT2D eigenvalue weighted by Crippen LogP contribution is -2.36. The Balaban J connectivity index is 2.24. The average Bonchev–Trinajstić information content (AvgIpc) is 3.02. The minimum atomic E-state index is -0.0724. The van der Waals surface area contributed by atoms with Crippen molar-refractivity contribution in [3.05, 3.63) is 47.4 Å². The number of nitrogens with zero attached hydrogens (tertiary/aromatic N) is 2. The predicted molar refractivity (Wildman–Crippen MR) is 96.3 cm³/mol. The van der Waals surface area contributed by atoms with Crippen molar-refractivity contribution < 1.29 is 18.7 Å². The highest BCUT2D eigenvalue weighted by Gasteiger charge is 2.19. The van der Waals surface area contributed by atoms with Crippen molar-refractivity contribution in [3.63, 3.8) is 0 Å². The van der Waals surface area contributed by atoms with Crippen molar-refractivity contribution in [3.8, 4) is 11.5 Å². The van der Waals surface area contributed by atoms with Crippen molar-refractivity contribution in [1.82, 2.24) is 9.80 Å². The lowest BCUT2D eigenvalue weighted by Gasteiger charge is -2.24. The van der Waals surface area contributed by atoms with Crippen molar-refractivity contribution in [1.29, 1.82) is 0 Å². The second-order valence-corrected chi connectivity index (χ2v) is 6.11. The highest BCUT2D eigenvalue weighted by Crippen LogP contribution is 2.28. The standard InChI is InChI=1S/C19H26N2O4/c1-14-6-8-16(25-14)13-21(11-10-20(2)3)19(22)15-7-9-17(23-4)18(12-15)24-5/h6-9,12H,10-11,13H2,1-5H3. The summed E-state index contributed by atoms with van der Waals surface area (Å²) in [5, 5.41) is 0. The Kier molecular flexibility index (Phi) is 6.47. The fraction of sp³-hybridized carbons (Fsp3) is 0.421. The van der Waals surface area contributed by atoms with Crippen LogP contribution in [0.5, 0.6) is 11.5 Å². The van der Waals surface area contributed by atoms with Gasteiger partial charge in [0.2, 0.25) is 0 Å². The summed E-state index contributed by atoms with van der Waals surface area (Å²) in [6.45, 7) is 3.68. The second-order valence-electron chi connectivity index (χ2n) is 6.11. The molecule has 1 aromatic carbocycles. The molecule has 0 radical (unpaired) electrons. The zero-order chi connectivity index (χ0) is 18.4. The highest BCUT2D eigenvalue weighted by molar-refractivity contribution is 5.94. The van der Waals surface area contributed by atoms with Crippen LogP contribution in [-0.4, -0.2) is 57.1 Å². The summed E-state index contributed by atoms with van der Waals surface area (Å²) in [6.07, 6.45) is 0. The first-order valence-electron chi connectivity index (χ1n) is 8.16. The first-order valence-corrected chi connectivity index (χ1v) is 8.16. The summed E-state index contributed by atoms with van der Waals surface area (Å²) in [7, 11) is 7.09. The first kappa shape index (κ1) is 18.9. The molecule has 0 aliphatic heterocycles. The van der Waals surface area contributed by atoms with E-state index in [0.29, 0.717) is 30.2 Å². The number of amides is 1. The Morgan fingerprint density at radius 3 is 2.32 bits per heavy atom. The van der Waals surface area contributed by atoms with Gasteiger partial charge in [-0.3, -0.25) is 4.79 Å². The van der Waals surface area contributed by atoms with E-state index in [-0.39, 0.29) is 5.91 Å². The van der Waals surface area contributed by atoms with E-state index in [0.717, 1.165) is 18.1 Å². The maximum Gasteiger partial charge on any atom is 0.254 e. The smallest absolute Gasteiger partial charge is 0.254 e. The maximum absolute atomic E-state index is 13.0. The van der Waals surface area contributed by atoms with Gasteiger partial charge in [-0.15, -0.1) is 0 Å². The first-order chi connectivity index (χ1) is 11.9. The Morgan fingerprint density at radius 1 is 1.04 bits per heavy atom.